The Morgan fingerprint density at radius 1 is 1.19 bits per heavy atom. The van der Waals surface area contributed by atoms with Gasteiger partial charge in [0, 0.05) is 43.8 Å². The smallest absolute Gasteiger partial charge is 0.315 e. The summed E-state index contributed by atoms with van der Waals surface area (Å²) >= 11 is 0. The first kappa shape index (κ1) is 21.1. The van der Waals surface area contributed by atoms with E-state index < -0.39 is 4.92 Å². The molecule has 1 N–H and O–H groups in total. The van der Waals surface area contributed by atoms with Crippen LogP contribution in [0, 0.1) is 16.0 Å². The zero-order valence-electron chi connectivity index (χ0n) is 17.9. The molecular weight excluding hydrogens is 396 g/mol. The average Bonchev–Trinajstić information content (AvgIpc) is 3.19. The molecule has 2 atom stereocenters. The summed E-state index contributed by atoms with van der Waals surface area (Å²) in [5.74, 6) is 0.747. The number of nitro benzene ring substituents is 1. The van der Waals surface area contributed by atoms with Crippen LogP contribution in [0.5, 0.6) is 11.5 Å². The summed E-state index contributed by atoms with van der Waals surface area (Å²) in [5, 5.41) is 16.3. The third-order valence-electron chi connectivity index (χ3n) is 5.77. The Hall–Kier alpha value is -3.13. The summed E-state index contributed by atoms with van der Waals surface area (Å²) in [4.78, 5) is 13.8. The molecule has 8 nitrogen and oxygen atoms in total. The van der Waals surface area contributed by atoms with Gasteiger partial charge in [-0.25, -0.2) is 0 Å². The van der Waals surface area contributed by atoms with Gasteiger partial charge in [-0.2, -0.15) is 5.10 Å². The van der Waals surface area contributed by atoms with Gasteiger partial charge >= 0.3 is 5.69 Å². The fraction of sp³-hybridized carbons (Fsp3) is 0.435. The Labute approximate surface area is 182 Å². The standard InChI is InChI=1S/C23H28N4O4/c1-3-30-21-13-17(12-20(27(28)29)23(21)31-4-2)22-18-15-26(11-10-19(18)24-25-22)14-16-8-6-5-7-9-16/h5-9,12-13,18,22,25H,3-4,10-11,14-15H2,1-2H3. The summed E-state index contributed by atoms with van der Waals surface area (Å²) < 4.78 is 11.3. The van der Waals surface area contributed by atoms with Crippen molar-refractivity contribution in [2.75, 3.05) is 26.3 Å². The van der Waals surface area contributed by atoms with Gasteiger partial charge in [0.15, 0.2) is 5.75 Å². The highest BCUT2D eigenvalue weighted by molar-refractivity contribution is 5.90. The van der Waals surface area contributed by atoms with Crippen LogP contribution in [0.4, 0.5) is 5.69 Å². The highest BCUT2D eigenvalue weighted by Gasteiger charge is 2.38. The lowest BCUT2D eigenvalue weighted by Crippen LogP contribution is -2.41. The highest BCUT2D eigenvalue weighted by Crippen LogP contribution is 2.43. The van der Waals surface area contributed by atoms with E-state index in [0.717, 1.165) is 37.3 Å². The number of likely N-dealkylation sites (tertiary alicyclic amines) is 1. The van der Waals surface area contributed by atoms with Crippen LogP contribution in [-0.2, 0) is 6.54 Å². The molecule has 0 aromatic heterocycles. The van der Waals surface area contributed by atoms with Crippen molar-refractivity contribution >= 4 is 11.4 Å². The molecule has 1 saturated heterocycles. The molecule has 2 unspecified atom stereocenters. The molecule has 0 bridgehead atoms. The Balaban J connectivity index is 1.61. The van der Waals surface area contributed by atoms with Crippen molar-refractivity contribution in [1.82, 2.24) is 10.3 Å². The van der Waals surface area contributed by atoms with Gasteiger partial charge < -0.3 is 14.9 Å². The number of rotatable bonds is 8. The quantitative estimate of drug-likeness (QED) is 0.510. The van der Waals surface area contributed by atoms with Crippen LogP contribution in [0.1, 0.15) is 37.4 Å². The van der Waals surface area contributed by atoms with E-state index in [1.165, 1.54) is 5.56 Å². The topological polar surface area (TPSA) is 89.2 Å². The Morgan fingerprint density at radius 2 is 1.97 bits per heavy atom. The monoisotopic (exact) mass is 424 g/mol. The summed E-state index contributed by atoms with van der Waals surface area (Å²) in [6.45, 7) is 7.05. The van der Waals surface area contributed by atoms with Crippen LogP contribution < -0.4 is 14.9 Å². The van der Waals surface area contributed by atoms with Crippen molar-refractivity contribution in [2.45, 2.75) is 32.9 Å². The minimum atomic E-state index is -0.406. The van der Waals surface area contributed by atoms with E-state index in [4.69, 9.17) is 9.47 Å². The molecule has 2 aromatic carbocycles. The van der Waals surface area contributed by atoms with Crippen LogP contribution in [0.15, 0.2) is 47.6 Å². The number of nitro groups is 1. The molecule has 8 heteroatoms. The van der Waals surface area contributed by atoms with Gasteiger partial charge in [0.05, 0.1) is 24.2 Å². The average molecular weight is 425 g/mol. The maximum Gasteiger partial charge on any atom is 0.315 e. The minimum Gasteiger partial charge on any atom is -0.490 e. The van der Waals surface area contributed by atoms with Gasteiger partial charge in [0.2, 0.25) is 5.75 Å². The van der Waals surface area contributed by atoms with Crippen LogP contribution in [0.25, 0.3) is 0 Å². The number of nitrogens with zero attached hydrogens (tertiary/aromatic N) is 3. The summed E-state index contributed by atoms with van der Waals surface area (Å²) in [6.07, 6.45) is 0.887. The Morgan fingerprint density at radius 3 is 2.68 bits per heavy atom. The highest BCUT2D eigenvalue weighted by atomic mass is 16.6. The third kappa shape index (κ3) is 4.49. The van der Waals surface area contributed by atoms with Crippen molar-refractivity contribution in [3.05, 3.63) is 63.7 Å². The van der Waals surface area contributed by atoms with E-state index in [2.05, 4.69) is 39.7 Å². The zero-order valence-corrected chi connectivity index (χ0v) is 17.9. The van der Waals surface area contributed by atoms with Crippen LogP contribution in [0.3, 0.4) is 0 Å². The molecule has 4 rings (SSSR count). The SMILES string of the molecule is CCOc1cc(C2NN=C3CCN(Cc4ccccc4)CC32)cc([N+](=O)[O-])c1OCC. The number of fused-ring (bicyclic) bond motifs is 1. The van der Waals surface area contributed by atoms with Gasteiger partial charge in [0.1, 0.15) is 0 Å². The molecule has 164 valence electrons. The van der Waals surface area contributed by atoms with Gasteiger partial charge in [-0.1, -0.05) is 30.3 Å². The van der Waals surface area contributed by atoms with Crippen molar-refractivity contribution in [3.8, 4) is 11.5 Å². The Bertz CT molecular complexity index is 964. The van der Waals surface area contributed by atoms with Gasteiger partial charge in [-0.05, 0) is 31.0 Å². The normalized spacial score (nSPS) is 20.5. The molecule has 0 spiro atoms. The third-order valence-corrected chi connectivity index (χ3v) is 5.77. The maximum atomic E-state index is 11.8. The molecule has 2 aromatic rings. The van der Waals surface area contributed by atoms with E-state index in [-0.39, 0.29) is 23.4 Å². The van der Waals surface area contributed by atoms with E-state index in [0.29, 0.717) is 19.0 Å². The maximum absolute atomic E-state index is 11.8. The Kier molecular flexibility index (Phi) is 6.36. The van der Waals surface area contributed by atoms with Crippen LogP contribution in [-0.4, -0.2) is 41.8 Å². The first-order valence-corrected chi connectivity index (χ1v) is 10.8. The first-order valence-electron chi connectivity index (χ1n) is 10.8. The number of ether oxygens (including phenoxy) is 2. The molecule has 0 aliphatic carbocycles. The number of benzene rings is 2. The van der Waals surface area contributed by atoms with Gasteiger partial charge in [-0.15, -0.1) is 0 Å². The molecule has 31 heavy (non-hydrogen) atoms. The van der Waals surface area contributed by atoms with Crippen LogP contribution in [0.2, 0.25) is 0 Å². The van der Waals surface area contributed by atoms with Crippen molar-refractivity contribution < 1.29 is 14.4 Å². The zero-order chi connectivity index (χ0) is 21.8. The van der Waals surface area contributed by atoms with Crippen molar-refractivity contribution in [1.29, 1.82) is 0 Å². The fourth-order valence-electron chi connectivity index (χ4n) is 4.38. The molecule has 1 fully saturated rings. The van der Waals surface area contributed by atoms with Crippen LogP contribution >= 0.6 is 0 Å². The fourth-order valence-corrected chi connectivity index (χ4v) is 4.38. The lowest BCUT2D eigenvalue weighted by atomic mass is 9.86. The van der Waals surface area contributed by atoms with Crippen molar-refractivity contribution in [3.63, 3.8) is 0 Å². The first-order chi connectivity index (χ1) is 15.1. The lowest BCUT2D eigenvalue weighted by Gasteiger charge is -2.33. The largest absolute Gasteiger partial charge is 0.490 e. The number of nitrogens with one attached hydrogen (secondary N) is 1. The summed E-state index contributed by atoms with van der Waals surface area (Å²) in [5.41, 5.74) is 6.36. The molecule has 2 aliphatic rings. The summed E-state index contributed by atoms with van der Waals surface area (Å²) in [7, 11) is 0. The van der Waals surface area contributed by atoms with E-state index in [1.807, 2.05) is 19.1 Å². The molecule has 2 aliphatic heterocycles. The van der Waals surface area contributed by atoms with Crippen molar-refractivity contribution in [2.24, 2.45) is 11.0 Å². The molecule has 2 heterocycles. The van der Waals surface area contributed by atoms with Gasteiger partial charge in [-0.3, -0.25) is 15.0 Å². The van der Waals surface area contributed by atoms with E-state index in [9.17, 15) is 10.1 Å². The number of piperidine rings is 1. The number of hydrazone groups is 1. The lowest BCUT2D eigenvalue weighted by molar-refractivity contribution is -0.386. The summed E-state index contributed by atoms with van der Waals surface area (Å²) in [6, 6.07) is 13.7. The van der Waals surface area contributed by atoms with E-state index >= 15 is 0 Å². The second kappa shape index (κ2) is 9.34. The second-order valence-electron chi connectivity index (χ2n) is 7.78. The minimum absolute atomic E-state index is 0.0741. The number of hydrogen-bond acceptors (Lipinski definition) is 7. The molecule has 0 radical (unpaired) electrons. The number of hydrogen-bond donors (Lipinski definition) is 1. The van der Waals surface area contributed by atoms with E-state index in [1.54, 1.807) is 13.0 Å². The van der Waals surface area contributed by atoms with Gasteiger partial charge in [0.25, 0.3) is 0 Å². The molecule has 0 saturated carbocycles. The second-order valence-corrected chi connectivity index (χ2v) is 7.78. The molecule has 0 amide bonds. The molecular formula is C23H28N4O4. The predicted molar refractivity (Wildman–Crippen MR) is 119 cm³/mol. The predicted octanol–water partition coefficient (Wildman–Crippen LogP) is 3.91.